The Labute approximate surface area is 144 Å². The SMILES string of the molecule is CO[C@]1(COP(=O)(O)O)O[C@@H](n2cnc3c(=O)[nH]c(N)nc32)[C@@H](N)[C@@H]1O. The number of nitrogens with one attached hydrogen (secondary N) is 1. The molecule has 8 N–H and O–H groups in total. The molecule has 0 aliphatic carbocycles. The van der Waals surface area contributed by atoms with Gasteiger partial charge in [0.2, 0.25) is 11.7 Å². The quantitative estimate of drug-likeness (QED) is 0.288. The second kappa shape index (κ2) is 6.37. The maximum atomic E-state index is 11.9. The molecule has 26 heavy (non-hydrogen) atoms. The number of fused-ring (bicyclic) bond motifs is 1. The van der Waals surface area contributed by atoms with Crippen molar-refractivity contribution in [2.75, 3.05) is 19.5 Å². The van der Waals surface area contributed by atoms with Gasteiger partial charge in [0.25, 0.3) is 5.56 Å². The largest absolute Gasteiger partial charge is 0.469 e. The Morgan fingerprint density at radius 1 is 1.54 bits per heavy atom. The van der Waals surface area contributed by atoms with Crippen LogP contribution in [-0.2, 0) is 18.6 Å². The summed E-state index contributed by atoms with van der Waals surface area (Å²) in [5, 5.41) is 10.4. The van der Waals surface area contributed by atoms with Crippen molar-refractivity contribution in [2.45, 2.75) is 24.2 Å². The van der Waals surface area contributed by atoms with Crippen molar-refractivity contribution in [1.82, 2.24) is 19.5 Å². The van der Waals surface area contributed by atoms with E-state index in [4.69, 9.17) is 30.7 Å². The first-order valence-electron chi connectivity index (χ1n) is 7.17. The number of methoxy groups -OCH3 is 1. The first kappa shape index (κ1) is 18.9. The van der Waals surface area contributed by atoms with Crippen LogP contribution in [0, 0.1) is 0 Å². The monoisotopic (exact) mass is 392 g/mol. The highest BCUT2D eigenvalue weighted by Crippen LogP contribution is 2.43. The van der Waals surface area contributed by atoms with Crippen molar-refractivity contribution in [2.24, 2.45) is 5.73 Å². The molecule has 1 saturated heterocycles. The molecule has 0 amide bonds. The molecular weight excluding hydrogens is 375 g/mol. The normalized spacial score (nSPS) is 29.5. The molecule has 144 valence electrons. The van der Waals surface area contributed by atoms with E-state index in [9.17, 15) is 14.5 Å². The standard InChI is InChI=1S/C11H17N6O8P/c1-23-11(2-24-26(20,21)22)6(18)4(12)9(25-11)17-3-14-5-7(17)15-10(13)16-8(5)19/h3-4,6,9,18H,2,12H2,1H3,(H2,20,21,22)(H3,13,15,16,19)/t4-,6-,9+,11+/m0/s1. The van der Waals surface area contributed by atoms with Crippen LogP contribution in [0.5, 0.6) is 0 Å². The molecule has 0 radical (unpaired) electrons. The van der Waals surface area contributed by atoms with Gasteiger partial charge < -0.3 is 35.8 Å². The van der Waals surface area contributed by atoms with Gasteiger partial charge in [-0.05, 0) is 0 Å². The van der Waals surface area contributed by atoms with Gasteiger partial charge in [-0.15, -0.1) is 0 Å². The number of imidazole rings is 1. The Morgan fingerprint density at radius 2 is 2.23 bits per heavy atom. The van der Waals surface area contributed by atoms with Crippen LogP contribution >= 0.6 is 7.82 Å². The van der Waals surface area contributed by atoms with Gasteiger partial charge in [-0.25, -0.2) is 9.55 Å². The third-order valence-corrected chi connectivity index (χ3v) is 4.43. The van der Waals surface area contributed by atoms with Crippen molar-refractivity contribution in [3.05, 3.63) is 16.7 Å². The zero-order valence-electron chi connectivity index (χ0n) is 13.3. The number of aromatic nitrogens is 4. The maximum Gasteiger partial charge on any atom is 0.469 e. The molecule has 2 aromatic heterocycles. The molecule has 1 aliphatic heterocycles. The molecule has 0 aromatic carbocycles. The summed E-state index contributed by atoms with van der Waals surface area (Å²) in [7, 11) is -3.71. The second-order valence-electron chi connectivity index (χ2n) is 5.59. The van der Waals surface area contributed by atoms with Crippen molar-refractivity contribution in [3.63, 3.8) is 0 Å². The van der Waals surface area contributed by atoms with Crippen LogP contribution in [0.2, 0.25) is 0 Å². The van der Waals surface area contributed by atoms with Crippen LogP contribution < -0.4 is 17.0 Å². The fourth-order valence-electron chi connectivity index (χ4n) is 2.69. The summed E-state index contributed by atoms with van der Waals surface area (Å²) in [4.78, 5) is 39.8. The lowest BCUT2D eigenvalue weighted by molar-refractivity contribution is -0.266. The van der Waals surface area contributed by atoms with Gasteiger partial charge in [0, 0.05) is 7.11 Å². The number of hydrogen-bond acceptors (Lipinski definition) is 10. The summed E-state index contributed by atoms with van der Waals surface area (Å²) < 4.78 is 27.3. The number of aliphatic hydroxyl groups excluding tert-OH is 1. The van der Waals surface area contributed by atoms with E-state index in [1.807, 2.05) is 0 Å². The van der Waals surface area contributed by atoms with Gasteiger partial charge in [-0.1, -0.05) is 0 Å². The van der Waals surface area contributed by atoms with Crippen LogP contribution in [0.15, 0.2) is 11.1 Å². The van der Waals surface area contributed by atoms with Gasteiger partial charge in [0.1, 0.15) is 12.7 Å². The average molecular weight is 392 g/mol. The summed E-state index contributed by atoms with van der Waals surface area (Å²) in [6.07, 6.45) is -1.45. The first-order chi connectivity index (χ1) is 12.1. The number of nitrogens with two attached hydrogens (primary N) is 2. The van der Waals surface area contributed by atoms with E-state index in [1.54, 1.807) is 0 Å². The highest BCUT2D eigenvalue weighted by atomic mass is 31.2. The highest BCUT2D eigenvalue weighted by Gasteiger charge is 2.56. The topological polar surface area (TPSA) is 221 Å². The summed E-state index contributed by atoms with van der Waals surface area (Å²) >= 11 is 0. The molecule has 2 aromatic rings. The highest BCUT2D eigenvalue weighted by molar-refractivity contribution is 7.46. The number of aromatic amines is 1. The molecule has 4 atom stereocenters. The Balaban J connectivity index is 2.00. The van der Waals surface area contributed by atoms with E-state index >= 15 is 0 Å². The van der Waals surface area contributed by atoms with E-state index in [0.717, 1.165) is 7.11 Å². The zero-order chi connectivity index (χ0) is 19.3. The number of nitrogens with zero attached hydrogens (tertiary/aromatic N) is 3. The van der Waals surface area contributed by atoms with Crippen LogP contribution in [0.1, 0.15) is 6.23 Å². The fourth-order valence-corrected chi connectivity index (χ4v) is 3.04. The van der Waals surface area contributed by atoms with Gasteiger partial charge in [0.05, 0.1) is 12.4 Å². The number of phosphoric ester groups is 1. The van der Waals surface area contributed by atoms with Crippen LogP contribution in [-0.4, -0.2) is 66.1 Å². The lowest BCUT2D eigenvalue weighted by atomic mass is 10.1. The van der Waals surface area contributed by atoms with Crippen molar-refractivity contribution < 1.29 is 33.5 Å². The fraction of sp³-hybridized carbons (Fsp3) is 0.545. The molecule has 15 heteroatoms. The molecule has 1 aliphatic rings. The number of phosphoric acid groups is 1. The van der Waals surface area contributed by atoms with E-state index in [-0.39, 0.29) is 17.1 Å². The lowest BCUT2D eigenvalue weighted by Gasteiger charge is -2.30. The van der Waals surface area contributed by atoms with Gasteiger partial charge in [0.15, 0.2) is 17.4 Å². The van der Waals surface area contributed by atoms with Crippen LogP contribution in [0.25, 0.3) is 11.2 Å². The van der Waals surface area contributed by atoms with Gasteiger partial charge in [-0.3, -0.25) is 18.9 Å². The average Bonchev–Trinajstić information content (AvgIpc) is 3.07. The van der Waals surface area contributed by atoms with E-state index in [0.29, 0.717) is 0 Å². The minimum Gasteiger partial charge on any atom is -0.386 e. The van der Waals surface area contributed by atoms with Crippen LogP contribution in [0.4, 0.5) is 5.95 Å². The number of H-pyrrole nitrogens is 1. The molecule has 0 bridgehead atoms. The van der Waals surface area contributed by atoms with Crippen molar-refractivity contribution in [3.8, 4) is 0 Å². The lowest BCUT2D eigenvalue weighted by Crippen LogP contribution is -2.50. The molecular formula is C11H17N6O8P. The second-order valence-corrected chi connectivity index (χ2v) is 6.83. The molecule has 0 unspecified atom stereocenters. The Bertz CT molecular complexity index is 925. The predicted molar refractivity (Wildman–Crippen MR) is 84.4 cm³/mol. The Morgan fingerprint density at radius 3 is 2.85 bits per heavy atom. The molecule has 0 saturated carbocycles. The first-order valence-corrected chi connectivity index (χ1v) is 8.70. The maximum absolute atomic E-state index is 11.9. The molecule has 0 spiro atoms. The molecule has 3 rings (SSSR count). The molecule has 14 nitrogen and oxygen atoms in total. The summed E-state index contributed by atoms with van der Waals surface area (Å²) in [5.41, 5.74) is 10.9. The van der Waals surface area contributed by atoms with E-state index in [1.165, 1.54) is 10.9 Å². The predicted octanol–water partition coefficient (Wildman–Crippen LogP) is -2.63. The minimum absolute atomic E-state index is 0.0362. The summed E-state index contributed by atoms with van der Waals surface area (Å²) in [5.74, 6) is -2.13. The zero-order valence-corrected chi connectivity index (χ0v) is 14.2. The van der Waals surface area contributed by atoms with Crippen molar-refractivity contribution >= 4 is 24.9 Å². The Kier molecular flexibility index (Phi) is 4.62. The smallest absolute Gasteiger partial charge is 0.386 e. The minimum atomic E-state index is -4.86. The number of aliphatic hydroxyl groups is 1. The van der Waals surface area contributed by atoms with E-state index < -0.39 is 44.1 Å². The number of hydrogen-bond donors (Lipinski definition) is 6. The third kappa shape index (κ3) is 3.13. The molecule has 1 fully saturated rings. The number of ether oxygens (including phenoxy) is 2. The van der Waals surface area contributed by atoms with Gasteiger partial charge in [-0.2, -0.15) is 4.98 Å². The van der Waals surface area contributed by atoms with Gasteiger partial charge >= 0.3 is 7.82 Å². The summed E-state index contributed by atoms with van der Waals surface area (Å²) in [6, 6.07) is -1.13. The van der Waals surface area contributed by atoms with Crippen molar-refractivity contribution in [1.29, 1.82) is 0 Å². The number of nitrogen functional groups attached to an aromatic ring is 1. The summed E-state index contributed by atoms with van der Waals surface area (Å²) in [6.45, 7) is -0.804. The third-order valence-electron chi connectivity index (χ3n) is 3.97. The van der Waals surface area contributed by atoms with Crippen LogP contribution in [0.3, 0.4) is 0 Å². The van der Waals surface area contributed by atoms with E-state index in [2.05, 4.69) is 19.5 Å². The number of anilines is 1. The Hall–Kier alpha value is -1.90. The molecule has 3 heterocycles. The number of rotatable bonds is 5.